The number of aromatic nitrogens is 3. The molecule has 0 bridgehead atoms. The van der Waals surface area contributed by atoms with Crippen LogP contribution in [0.3, 0.4) is 0 Å². The summed E-state index contributed by atoms with van der Waals surface area (Å²) in [6, 6.07) is 9.84. The van der Waals surface area contributed by atoms with E-state index in [1.807, 2.05) is 45.8 Å². The Bertz CT molecular complexity index is 1280. The van der Waals surface area contributed by atoms with Crippen LogP contribution in [-0.4, -0.2) is 63.3 Å². The Kier molecular flexibility index (Phi) is 3.67. The Morgan fingerprint density at radius 2 is 1.87 bits per heavy atom. The van der Waals surface area contributed by atoms with Crippen LogP contribution in [0.2, 0.25) is 0 Å². The maximum absolute atomic E-state index is 13.3. The molecule has 2 fully saturated rings. The van der Waals surface area contributed by atoms with Crippen LogP contribution < -0.4 is 5.73 Å². The van der Waals surface area contributed by atoms with E-state index in [-0.39, 0.29) is 11.9 Å². The summed E-state index contributed by atoms with van der Waals surface area (Å²) < 4.78 is 7.25. The van der Waals surface area contributed by atoms with Gasteiger partial charge in [0.05, 0.1) is 6.20 Å². The molecule has 30 heavy (non-hydrogen) atoms. The molecule has 3 aromatic heterocycles. The molecule has 0 spiro atoms. The van der Waals surface area contributed by atoms with Crippen molar-refractivity contribution in [2.75, 3.05) is 39.0 Å². The molecule has 2 aliphatic heterocycles. The average molecular weight is 402 g/mol. The number of carbonyl (C=O) groups excluding carboxylic acids is 1. The van der Waals surface area contributed by atoms with Gasteiger partial charge in [0.1, 0.15) is 16.9 Å². The number of amides is 1. The third kappa shape index (κ3) is 2.68. The molecular formula is C22H22N6O2. The van der Waals surface area contributed by atoms with E-state index in [1.165, 1.54) is 0 Å². The van der Waals surface area contributed by atoms with Gasteiger partial charge in [0.25, 0.3) is 11.9 Å². The lowest BCUT2D eigenvalue weighted by atomic mass is 10.0. The number of hydrogen-bond donors (Lipinski definition) is 1. The Morgan fingerprint density at radius 3 is 2.67 bits per heavy atom. The van der Waals surface area contributed by atoms with E-state index in [1.54, 1.807) is 6.20 Å². The maximum Gasteiger partial charge on any atom is 0.292 e. The number of imidazole rings is 1. The average Bonchev–Trinajstić information content (AvgIpc) is 3.47. The zero-order valence-electron chi connectivity index (χ0n) is 16.7. The van der Waals surface area contributed by atoms with Crippen molar-refractivity contribution in [3.8, 4) is 11.1 Å². The molecule has 152 valence electrons. The topological polar surface area (TPSA) is 92.9 Å². The van der Waals surface area contributed by atoms with Gasteiger partial charge < -0.3 is 20.0 Å². The van der Waals surface area contributed by atoms with Crippen molar-refractivity contribution in [2.45, 2.75) is 0 Å². The molecule has 0 aliphatic carbocycles. The molecule has 0 saturated carbocycles. The number of benzene rings is 1. The number of nitrogens with two attached hydrogens (primary N) is 1. The number of oxazole rings is 1. The predicted molar refractivity (Wildman–Crippen MR) is 113 cm³/mol. The van der Waals surface area contributed by atoms with Crippen molar-refractivity contribution in [3.63, 3.8) is 0 Å². The minimum atomic E-state index is 0.0522. The summed E-state index contributed by atoms with van der Waals surface area (Å²) in [5.41, 5.74) is 10.3. The van der Waals surface area contributed by atoms with Crippen LogP contribution in [0.1, 0.15) is 10.5 Å². The second-order valence-corrected chi connectivity index (χ2v) is 8.48. The molecule has 5 heterocycles. The number of nitrogen functional groups attached to an aromatic ring is 1. The first-order valence-corrected chi connectivity index (χ1v) is 10.2. The lowest BCUT2D eigenvalue weighted by Gasteiger charge is -2.19. The van der Waals surface area contributed by atoms with E-state index >= 15 is 0 Å². The third-order valence-electron chi connectivity index (χ3n) is 6.42. The normalized spacial score (nSPS) is 21.7. The fraction of sp³-hybridized carbons (Fsp3) is 0.318. The van der Waals surface area contributed by atoms with Crippen LogP contribution in [0.15, 0.2) is 47.1 Å². The van der Waals surface area contributed by atoms with Gasteiger partial charge in [-0.05, 0) is 54.3 Å². The summed E-state index contributed by atoms with van der Waals surface area (Å²) in [6.45, 7) is 3.79. The number of nitrogens with zero attached hydrogens (tertiary/aromatic N) is 5. The Morgan fingerprint density at radius 1 is 1.10 bits per heavy atom. The summed E-state index contributed by atoms with van der Waals surface area (Å²) >= 11 is 0. The lowest BCUT2D eigenvalue weighted by molar-refractivity contribution is 0.0769. The van der Waals surface area contributed by atoms with Crippen molar-refractivity contribution < 1.29 is 9.21 Å². The van der Waals surface area contributed by atoms with Crippen molar-refractivity contribution in [1.29, 1.82) is 0 Å². The number of anilines is 1. The molecule has 2 atom stereocenters. The van der Waals surface area contributed by atoms with E-state index in [4.69, 9.17) is 10.2 Å². The number of likely N-dealkylation sites (tertiary alicyclic amines) is 2. The minimum absolute atomic E-state index is 0.0522. The number of rotatable bonds is 2. The van der Waals surface area contributed by atoms with Gasteiger partial charge in [-0.15, -0.1) is 0 Å². The predicted octanol–water partition coefficient (Wildman–Crippen LogP) is 2.36. The van der Waals surface area contributed by atoms with E-state index in [0.29, 0.717) is 28.6 Å². The lowest BCUT2D eigenvalue weighted by Crippen LogP contribution is -2.33. The van der Waals surface area contributed by atoms with Crippen molar-refractivity contribution in [3.05, 3.63) is 48.4 Å². The Hall–Kier alpha value is -3.39. The zero-order valence-corrected chi connectivity index (χ0v) is 16.7. The molecule has 2 saturated heterocycles. The second kappa shape index (κ2) is 6.30. The van der Waals surface area contributed by atoms with Crippen molar-refractivity contribution >= 4 is 28.7 Å². The summed E-state index contributed by atoms with van der Waals surface area (Å²) in [5.74, 6) is 1.21. The highest BCUT2D eigenvalue weighted by Gasteiger charge is 2.41. The fourth-order valence-corrected chi connectivity index (χ4v) is 4.99. The minimum Gasteiger partial charge on any atom is -0.424 e. The number of pyridine rings is 1. The van der Waals surface area contributed by atoms with Crippen molar-refractivity contribution in [1.82, 2.24) is 24.2 Å². The van der Waals surface area contributed by atoms with E-state index < -0.39 is 0 Å². The largest absolute Gasteiger partial charge is 0.424 e. The van der Waals surface area contributed by atoms with Crippen LogP contribution in [0.25, 0.3) is 27.9 Å². The van der Waals surface area contributed by atoms with E-state index in [9.17, 15) is 4.79 Å². The highest BCUT2D eigenvalue weighted by Crippen LogP contribution is 2.31. The van der Waals surface area contributed by atoms with Crippen LogP contribution in [0.5, 0.6) is 0 Å². The number of carbonyl (C=O) groups is 1. The van der Waals surface area contributed by atoms with Crippen LogP contribution in [-0.2, 0) is 0 Å². The molecule has 1 amide bonds. The fourth-order valence-electron chi connectivity index (χ4n) is 4.99. The van der Waals surface area contributed by atoms with Gasteiger partial charge in [-0.2, -0.15) is 4.98 Å². The highest BCUT2D eigenvalue weighted by atomic mass is 16.4. The molecule has 8 heteroatoms. The second-order valence-electron chi connectivity index (χ2n) is 8.48. The zero-order chi connectivity index (χ0) is 20.4. The third-order valence-corrected chi connectivity index (χ3v) is 6.42. The Labute approximate surface area is 172 Å². The molecule has 8 nitrogen and oxygen atoms in total. The Balaban J connectivity index is 1.34. The van der Waals surface area contributed by atoms with Crippen LogP contribution in [0, 0.1) is 11.8 Å². The number of fused-ring (bicyclic) bond motifs is 3. The first-order chi connectivity index (χ1) is 14.5. The molecule has 6 rings (SSSR count). The molecule has 4 aromatic rings. The number of hydrogen-bond acceptors (Lipinski definition) is 6. The van der Waals surface area contributed by atoms with Gasteiger partial charge >= 0.3 is 0 Å². The van der Waals surface area contributed by atoms with Crippen molar-refractivity contribution in [2.24, 2.45) is 11.8 Å². The van der Waals surface area contributed by atoms with Gasteiger partial charge in [0.15, 0.2) is 5.58 Å². The highest BCUT2D eigenvalue weighted by molar-refractivity contribution is 5.94. The first-order valence-electron chi connectivity index (χ1n) is 10.2. The summed E-state index contributed by atoms with van der Waals surface area (Å²) in [4.78, 5) is 26.3. The smallest absolute Gasteiger partial charge is 0.292 e. The molecule has 2 unspecified atom stereocenters. The SMILES string of the molecule is CN1CC2CN(C(=O)c3cnc4ccc(-c5ccc6oc(N)nc6c5)cn34)CC2C1. The first kappa shape index (κ1) is 17.5. The van der Waals surface area contributed by atoms with Gasteiger partial charge in [0, 0.05) is 32.4 Å². The molecule has 1 aromatic carbocycles. The van der Waals surface area contributed by atoms with Gasteiger partial charge in [-0.25, -0.2) is 4.98 Å². The molecular weight excluding hydrogens is 380 g/mol. The summed E-state index contributed by atoms with van der Waals surface area (Å²) in [5, 5.41) is 0. The van der Waals surface area contributed by atoms with Gasteiger partial charge in [-0.1, -0.05) is 6.07 Å². The van der Waals surface area contributed by atoms with Gasteiger partial charge in [-0.3, -0.25) is 9.20 Å². The van der Waals surface area contributed by atoms with Crippen LogP contribution in [0.4, 0.5) is 6.01 Å². The molecule has 0 radical (unpaired) electrons. The van der Waals surface area contributed by atoms with E-state index in [0.717, 1.165) is 43.0 Å². The summed E-state index contributed by atoms with van der Waals surface area (Å²) in [7, 11) is 2.15. The maximum atomic E-state index is 13.3. The molecule has 2 N–H and O–H groups in total. The molecule has 2 aliphatic rings. The summed E-state index contributed by atoms with van der Waals surface area (Å²) in [6.07, 6.45) is 3.65. The van der Waals surface area contributed by atoms with Crippen LogP contribution >= 0.6 is 0 Å². The monoisotopic (exact) mass is 402 g/mol. The van der Waals surface area contributed by atoms with Gasteiger partial charge in [0.2, 0.25) is 0 Å². The van der Waals surface area contributed by atoms with E-state index in [2.05, 4.69) is 21.9 Å². The quantitative estimate of drug-likeness (QED) is 0.553. The standard InChI is InChI=1S/C22H22N6O2/c1-26-8-15-10-27(11-16(15)9-26)21(29)18-7-24-20-5-3-14(12-28(18)20)13-2-4-19-17(6-13)25-22(23)30-19/h2-7,12,15-16H,8-11H2,1H3,(H2,23,25).